The molecule has 0 radical (unpaired) electrons. The van der Waals surface area contributed by atoms with Crippen molar-refractivity contribution in [2.24, 2.45) is 0 Å². The first-order valence-corrected chi connectivity index (χ1v) is 10.2. The van der Waals surface area contributed by atoms with E-state index >= 15 is 0 Å². The molecule has 0 bridgehead atoms. The molecular weight excluding hydrogens is 419 g/mol. The molecule has 7 nitrogen and oxygen atoms in total. The molecule has 0 aromatic heterocycles. The third-order valence-electron chi connectivity index (χ3n) is 3.99. The molecule has 1 aliphatic rings. The standard InChI is InChI=1S/C19H15FN2O5S2/c20-14-4-2-1-3-13(14)11-21-18(24)17(29-19(21)25)10-12-5-6-16(28-8-7-23)15(9-12)22(26)27/h1-6,9-10,23H,7-8,11H2. The average Bonchev–Trinajstić information content (AvgIpc) is 2.95. The first kappa shape index (κ1) is 21.0. The Kier molecular flexibility index (Phi) is 6.68. The van der Waals surface area contributed by atoms with E-state index in [1.807, 2.05) is 0 Å². The van der Waals surface area contributed by atoms with E-state index in [2.05, 4.69) is 0 Å². The maximum atomic E-state index is 13.8. The molecule has 1 heterocycles. The third-order valence-corrected chi connectivity index (χ3v) is 5.94. The van der Waals surface area contributed by atoms with E-state index in [1.54, 1.807) is 12.1 Å². The van der Waals surface area contributed by atoms with Crippen molar-refractivity contribution in [3.8, 4) is 0 Å². The minimum absolute atomic E-state index is 0.108. The molecule has 0 atom stereocenters. The van der Waals surface area contributed by atoms with Crippen LogP contribution in [0, 0.1) is 15.9 Å². The number of nitro groups is 1. The zero-order chi connectivity index (χ0) is 21.0. The van der Waals surface area contributed by atoms with Gasteiger partial charge in [-0.05, 0) is 35.5 Å². The number of carbonyl (C=O) groups is 2. The van der Waals surface area contributed by atoms with Crippen molar-refractivity contribution in [3.05, 3.63) is 74.4 Å². The quantitative estimate of drug-likeness (QED) is 0.304. The van der Waals surface area contributed by atoms with Crippen LogP contribution in [0.3, 0.4) is 0 Å². The van der Waals surface area contributed by atoms with E-state index in [9.17, 15) is 24.1 Å². The van der Waals surface area contributed by atoms with Crippen molar-refractivity contribution in [2.45, 2.75) is 11.4 Å². The lowest BCUT2D eigenvalue weighted by molar-refractivity contribution is -0.387. The lowest BCUT2D eigenvalue weighted by atomic mass is 10.1. The number of nitro benzene ring substituents is 1. The number of thioether (sulfide) groups is 2. The summed E-state index contributed by atoms with van der Waals surface area (Å²) in [6.07, 6.45) is 1.40. The van der Waals surface area contributed by atoms with Gasteiger partial charge in [0.2, 0.25) is 0 Å². The molecule has 0 aliphatic carbocycles. The first-order chi connectivity index (χ1) is 13.9. The zero-order valence-electron chi connectivity index (χ0n) is 14.9. The number of aliphatic hydroxyl groups is 1. The summed E-state index contributed by atoms with van der Waals surface area (Å²) in [6, 6.07) is 10.3. The molecule has 0 spiro atoms. The molecule has 2 amide bonds. The number of hydrogen-bond donors (Lipinski definition) is 1. The maximum Gasteiger partial charge on any atom is 0.293 e. The van der Waals surface area contributed by atoms with Crippen molar-refractivity contribution < 1.29 is 24.0 Å². The Balaban J connectivity index is 1.84. The minimum Gasteiger partial charge on any atom is -0.396 e. The number of benzene rings is 2. The van der Waals surface area contributed by atoms with Gasteiger partial charge in [0.05, 0.1) is 27.9 Å². The topological polar surface area (TPSA) is 101 Å². The van der Waals surface area contributed by atoms with Gasteiger partial charge in [0.1, 0.15) is 5.82 Å². The Labute approximate surface area is 173 Å². The van der Waals surface area contributed by atoms with E-state index < -0.39 is 21.9 Å². The molecule has 1 saturated heterocycles. The number of rotatable bonds is 7. The molecule has 1 N–H and O–H groups in total. The van der Waals surface area contributed by atoms with Crippen LogP contribution < -0.4 is 0 Å². The van der Waals surface area contributed by atoms with Gasteiger partial charge in [-0.2, -0.15) is 0 Å². The predicted molar refractivity (Wildman–Crippen MR) is 109 cm³/mol. The molecule has 2 aromatic carbocycles. The number of nitrogens with zero attached hydrogens (tertiary/aromatic N) is 2. The smallest absolute Gasteiger partial charge is 0.293 e. The van der Waals surface area contributed by atoms with Gasteiger partial charge >= 0.3 is 0 Å². The van der Waals surface area contributed by atoms with Crippen LogP contribution in [0.5, 0.6) is 0 Å². The van der Waals surface area contributed by atoms with Crippen molar-refractivity contribution in [2.75, 3.05) is 12.4 Å². The zero-order valence-corrected chi connectivity index (χ0v) is 16.5. The Morgan fingerprint density at radius 3 is 2.69 bits per heavy atom. The molecule has 0 unspecified atom stereocenters. The molecule has 29 heavy (non-hydrogen) atoms. The molecule has 10 heteroatoms. The Morgan fingerprint density at radius 1 is 1.24 bits per heavy atom. The number of carbonyl (C=O) groups excluding carboxylic acids is 2. The summed E-state index contributed by atoms with van der Waals surface area (Å²) in [6.45, 7) is -0.301. The lowest BCUT2D eigenvalue weighted by Gasteiger charge is -2.12. The fraction of sp³-hybridized carbons (Fsp3) is 0.158. The molecule has 1 aliphatic heterocycles. The largest absolute Gasteiger partial charge is 0.396 e. The van der Waals surface area contributed by atoms with Crippen LogP contribution in [0.15, 0.2) is 52.3 Å². The lowest BCUT2D eigenvalue weighted by Crippen LogP contribution is -2.27. The molecule has 2 aromatic rings. The van der Waals surface area contributed by atoms with Crippen molar-refractivity contribution in [1.82, 2.24) is 4.90 Å². The molecule has 1 fully saturated rings. The summed E-state index contributed by atoms with van der Waals surface area (Å²) in [5.74, 6) is -0.776. The predicted octanol–water partition coefficient (Wildman–Crippen LogP) is 4.05. The van der Waals surface area contributed by atoms with Crippen LogP contribution in [0.1, 0.15) is 11.1 Å². The Hall–Kier alpha value is -2.69. The van der Waals surface area contributed by atoms with Gasteiger partial charge in [0, 0.05) is 17.4 Å². The monoisotopic (exact) mass is 434 g/mol. The molecule has 0 saturated carbocycles. The number of imide groups is 1. The van der Waals surface area contributed by atoms with Crippen molar-refractivity contribution in [3.63, 3.8) is 0 Å². The van der Waals surface area contributed by atoms with Crippen LogP contribution in [-0.2, 0) is 11.3 Å². The summed E-state index contributed by atoms with van der Waals surface area (Å²) < 4.78 is 13.8. The van der Waals surface area contributed by atoms with E-state index in [1.165, 1.54) is 36.4 Å². The Morgan fingerprint density at radius 2 is 2.00 bits per heavy atom. The van der Waals surface area contributed by atoms with Crippen molar-refractivity contribution >= 4 is 46.4 Å². The highest BCUT2D eigenvalue weighted by Gasteiger charge is 2.35. The van der Waals surface area contributed by atoms with Crippen LogP contribution in [0.25, 0.3) is 6.08 Å². The number of amides is 2. The van der Waals surface area contributed by atoms with Gasteiger partial charge in [-0.15, -0.1) is 11.8 Å². The summed E-state index contributed by atoms with van der Waals surface area (Å²) >= 11 is 1.85. The molecule has 150 valence electrons. The fourth-order valence-corrected chi connectivity index (χ4v) is 4.22. The van der Waals surface area contributed by atoms with Gasteiger partial charge < -0.3 is 5.11 Å². The van der Waals surface area contributed by atoms with Crippen LogP contribution >= 0.6 is 23.5 Å². The second-order valence-electron chi connectivity index (χ2n) is 5.92. The van der Waals surface area contributed by atoms with Gasteiger partial charge in [-0.25, -0.2) is 4.39 Å². The van der Waals surface area contributed by atoms with Crippen molar-refractivity contribution in [1.29, 1.82) is 0 Å². The second-order valence-corrected chi connectivity index (χ2v) is 8.05. The number of aliphatic hydroxyl groups excluding tert-OH is 1. The summed E-state index contributed by atoms with van der Waals surface area (Å²) in [5, 5.41) is 19.7. The molecule has 3 rings (SSSR count). The average molecular weight is 434 g/mol. The summed E-state index contributed by atoms with van der Waals surface area (Å²) in [5.41, 5.74) is 0.459. The molecular formula is C19H15FN2O5S2. The van der Waals surface area contributed by atoms with Gasteiger partial charge in [-0.1, -0.05) is 24.3 Å². The number of hydrogen-bond acceptors (Lipinski definition) is 7. The van der Waals surface area contributed by atoms with Crippen LogP contribution in [0.2, 0.25) is 0 Å². The summed E-state index contributed by atoms with van der Waals surface area (Å²) in [7, 11) is 0. The van der Waals surface area contributed by atoms with E-state index in [0.29, 0.717) is 28.0 Å². The van der Waals surface area contributed by atoms with Gasteiger partial charge in [0.25, 0.3) is 16.8 Å². The number of halogens is 1. The van der Waals surface area contributed by atoms with Crippen LogP contribution in [-0.4, -0.2) is 38.4 Å². The highest BCUT2D eigenvalue weighted by Crippen LogP contribution is 2.35. The van der Waals surface area contributed by atoms with E-state index in [4.69, 9.17) is 5.11 Å². The van der Waals surface area contributed by atoms with Gasteiger partial charge in [0.15, 0.2) is 0 Å². The fourth-order valence-electron chi connectivity index (χ4n) is 2.63. The van der Waals surface area contributed by atoms with E-state index in [0.717, 1.165) is 16.7 Å². The first-order valence-electron chi connectivity index (χ1n) is 8.41. The highest BCUT2D eigenvalue weighted by atomic mass is 32.2. The second kappa shape index (κ2) is 9.21. The van der Waals surface area contributed by atoms with Gasteiger partial charge in [-0.3, -0.25) is 24.6 Å². The SMILES string of the molecule is O=C1SC(=Cc2ccc(SCCO)c([N+](=O)[O-])c2)C(=O)N1Cc1ccccc1F. The maximum absolute atomic E-state index is 13.8. The third kappa shape index (κ3) is 4.84. The Bertz CT molecular complexity index is 1010. The van der Waals surface area contributed by atoms with Crippen LogP contribution in [0.4, 0.5) is 14.9 Å². The highest BCUT2D eigenvalue weighted by molar-refractivity contribution is 8.18. The minimum atomic E-state index is -0.579. The summed E-state index contributed by atoms with van der Waals surface area (Å²) in [4.78, 5) is 37.0. The normalized spacial score (nSPS) is 15.4. The van der Waals surface area contributed by atoms with E-state index in [-0.39, 0.29) is 29.3 Å².